The Bertz CT molecular complexity index is 324. The first-order chi connectivity index (χ1) is 7.76. The molecule has 0 saturated heterocycles. The maximum atomic E-state index is 11.4. The molecule has 0 bridgehead atoms. The first kappa shape index (κ1) is 13.1. The van der Waals surface area contributed by atoms with E-state index in [0.29, 0.717) is 6.54 Å². The second-order valence-electron chi connectivity index (χ2n) is 3.29. The molecular formula is C12H18N2OS. The highest BCUT2D eigenvalue weighted by molar-refractivity contribution is 7.99. The number of likely N-dealkylation sites (N-methyl/N-ethyl adjacent to an activating group) is 1. The maximum Gasteiger partial charge on any atom is 0.238 e. The molecule has 0 aliphatic carbocycles. The summed E-state index contributed by atoms with van der Waals surface area (Å²) in [7, 11) is 0. The Morgan fingerprint density at radius 2 is 1.94 bits per heavy atom. The molecule has 1 aromatic rings. The number of rotatable bonds is 6. The predicted octanol–water partition coefficient (Wildman–Crippen LogP) is 2.35. The van der Waals surface area contributed by atoms with Crippen molar-refractivity contribution in [2.75, 3.05) is 24.2 Å². The van der Waals surface area contributed by atoms with Crippen molar-refractivity contribution in [3.63, 3.8) is 0 Å². The molecule has 0 atom stereocenters. The molecule has 4 heteroatoms. The monoisotopic (exact) mass is 238 g/mol. The molecule has 0 spiro atoms. The first-order valence-corrected chi connectivity index (χ1v) is 6.48. The lowest BCUT2D eigenvalue weighted by Gasteiger charge is -2.06. The normalized spacial score (nSPS) is 10.1. The van der Waals surface area contributed by atoms with E-state index in [2.05, 4.69) is 17.6 Å². The summed E-state index contributed by atoms with van der Waals surface area (Å²) < 4.78 is 0. The maximum absolute atomic E-state index is 11.4. The van der Waals surface area contributed by atoms with Gasteiger partial charge in [0.15, 0.2) is 0 Å². The molecule has 1 rings (SSSR count). The topological polar surface area (TPSA) is 41.1 Å². The van der Waals surface area contributed by atoms with Gasteiger partial charge in [-0.1, -0.05) is 13.8 Å². The number of thioether (sulfide) groups is 1. The number of hydrogen-bond donors (Lipinski definition) is 2. The lowest BCUT2D eigenvalue weighted by molar-refractivity contribution is -0.115. The lowest BCUT2D eigenvalue weighted by atomic mass is 10.3. The number of benzene rings is 1. The number of nitrogens with one attached hydrogen (secondary N) is 2. The van der Waals surface area contributed by atoms with Crippen LogP contribution in [-0.4, -0.2) is 24.7 Å². The standard InChI is InChI=1S/C12H18N2OS/c1-3-13-9-12(15)14-10-5-7-11(8-6-10)16-4-2/h5-8,13H,3-4,9H2,1-2H3,(H,14,15). The van der Waals surface area contributed by atoms with E-state index >= 15 is 0 Å². The van der Waals surface area contributed by atoms with E-state index in [1.54, 1.807) is 11.8 Å². The van der Waals surface area contributed by atoms with Crippen LogP contribution in [0.3, 0.4) is 0 Å². The summed E-state index contributed by atoms with van der Waals surface area (Å²) in [6.45, 7) is 5.27. The Balaban J connectivity index is 2.45. The van der Waals surface area contributed by atoms with Gasteiger partial charge in [0.05, 0.1) is 6.54 Å². The smallest absolute Gasteiger partial charge is 0.238 e. The van der Waals surface area contributed by atoms with Gasteiger partial charge >= 0.3 is 0 Å². The van der Waals surface area contributed by atoms with Crippen molar-refractivity contribution in [1.29, 1.82) is 0 Å². The van der Waals surface area contributed by atoms with E-state index in [0.717, 1.165) is 18.0 Å². The zero-order valence-electron chi connectivity index (χ0n) is 9.75. The fraction of sp³-hybridized carbons (Fsp3) is 0.417. The largest absolute Gasteiger partial charge is 0.325 e. The van der Waals surface area contributed by atoms with E-state index in [1.165, 1.54) is 4.90 Å². The summed E-state index contributed by atoms with van der Waals surface area (Å²) in [6.07, 6.45) is 0. The van der Waals surface area contributed by atoms with Crippen LogP contribution >= 0.6 is 11.8 Å². The molecule has 0 aliphatic heterocycles. The second kappa shape index (κ2) is 7.30. The van der Waals surface area contributed by atoms with Crippen LogP contribution in [0.1, 0.15) is 13.8 Å². The molecule has 0 fully saturated rings. The summed E-state index contributed by atoms with van der Waals surface area (Å²) >= 11 is 1.79. The average Bonchev–Trinajstić information content (AvgIpc) is 2.29. The van der Waals surface area contributed by atoms with E-state index in [-0.39, 0.29) is 5.91 Å². The molecule has 0 heterocycles. The van der Waals surface area contributed by atoms with Gasteiger partial charge in [-0.3, -0.25) is 4.79 Å². The molecular weight excluding hydrogens is 220 g/mol. The van der Waals surface area contributed by atoms with Crippen molar-refractivity contribution in [2.24, 2.45) is 0 Å². The zero-order chi connectivity index (χ0) is 11.8. The molecule has 0 unspecified atom stereocenters. The Morgan fingerprint density at radius 1 is 1.25 bits per heavy atom. The SMILES string of the molecule is CCNCC(=O)Nc1ccc(SCC)cc1. The van der Waals surface area contributed by atoms with E-state index in [1.807, 2.05) is 31.2 Å². The number of amides is 1. The Morgan fingerprint density at radius 3 is 2.50 bits per heavy atom. The van der Waals surface area contributed by atoms with Crippen LogP contribution in [-0.2, 0) is 4.79 Å². The summed E-state index contributed by atoms with van der Waals surface area (Å²) in [5.41, 5.74) is 0.850. The molecule has 88 valence electrons. The predicted molar refractivity (Wildman–Crippen MR) is 70.0 cm³/mol. The quantitative estimate of drug-likeness (QED) is 0.747. The molecule has 16 heavy (non-hydrogen) atoms. The van der Waals surface area contributed by atoms with Gasteiger partial charge < -0.3 is 10.6 Å². The summed E-state index contributed by atoms with van der Waals surface area (Å²) in [4.78, 5) is 12.6. The number of anilines is 1. The van der Waals surface area contributed by atoms with Gasteiger partial charge in [0, 0.05) is 10.6 Å². The van der Waals surface area contributed by atoms with Crippen molar-refractivity contribution < 1.29 is 4.79 Å². The Labute approximate surface area is 101 Å². The van der Waals surface area contributed by atoms with Crippen LogP contribution in [0.5, 0.6) is 0 Å². The fourth-order valence-electron chi connectivity index (χ4n) is 1.24. The van der Waals surface area contributed by atoms with Crippen LogP contribution in [0.25, 0.3) is 0 Å². The van der Waals surface area contributed by atoms with Crippen LogP contribution < -0.4 is 10.6 Å². The fourth-order valence-corrected chi connectivity index (χ4v) is 1.91. The van der Waals surface area contributed by atoms with E-state index in [4.69, 9.17) is 0 Å². The Hall–Kier alpha value is -1.00. The second-order valence-corrected chi connectivity index (χ2v) is 4.62. The summed E-state index contributed by atoms with van der Waals surface area (Å²) in [6, 6.07) is 7.91. The van der Waals surface area contributed by atoms with Crippen molar-refractivity contribution in [3.8, 4) is 0 Å². The molecule has 0 aromatic heterocycles. The third kappa shape index (κ3) is 4.68. The van der Waals surface area contributed by atoms with Crippen molar-refractivity contribution in [2.45, 2.75) is 18.7 Å². The van der Waals surface area contributed by atoms with Gasteiger partial charge in [0.25, 0.3) is 0 Å². The number of carbonyl (C=O) groups is 1. The molecule has 0 saturated carbocycles. The molecule has 3 nitrogen and oxygen atoms in total. The third-order valence-electron chi connectivity index (χ3n) is 1.98. The minimum absolute atomic E-state index is 0.00209. The van der Waals surface area contributed by atoms with Crippen LogP contribution in [0.15, 0.2) is 29.2 Å². The van der Waals surface area contributed by atoms with Gasteiger partial charge in [-0.15, -0.1) is 11.8 Å². The van der Waals surface area contributed by atoms with Gasteiger partial charge in [-0.05, 0) is 36.6 Å². The van der Waals surface area contributed by atoms with E-state index in [9.17, 15) is 4.79 Å². The van der Waals surface area contributed by atoms with Gasteiger partial charge in [0.1, 0.15) is 0 Å². The van der Waals surface area contributed by atoms with Crippen molar-refractivity contribution in [3.05, 3.63) is 24.3 Å². The van der Waals surface area contributed by atoms with Crippen LogP contribution in [0.2, 0.25) is 0 Å². The van der Waals surface area contributed by atoms with Crippen molar-refractivity contribution >= 4 is 23.4 Å². The average molecular weight is 238 g/mol. The van der Waals surface area contributed by atoms with Gasteiger partial charge in [-0.25, -0.2) is 0 Å². The molecule has 2 N–H and O–H groups in total. The summed E-state index contributed by atoms with van der Waals surface area (Å²) in [5.74, 6) is 1.06. The number of hydrogen-bond acceptors (Lipinski definition) is 3. The first-order valence-electron chi connectivity index (χ1n) is 5.49. The lowest BCUT2D eigenvalue weighted by Crippen LogP contribution is -2.27. The van der Waals surface area contributed by atoms with Gasteiger partial charge in [-0.2, -0.15) is 0 Å². The van der Waals surface area contributed by atoms with Crippen LogP contribution in [0.4, 0.5) is 5.69 Å². The molecule has 0 aliphatic rings. The minimum Gasteiger partial charge on any atom is -0.325 e. The van der Waals surface area contributed by atoms with Crippen molar-refractivity contribution in [1.82, 2.24) is 5.32 Å². The van der Waals surface area contributed by atoms with E-state index < -0.39 is 0 Å². The highest BCUT2D eigenvalue weighted by Crippen LogP contribution is 2.19. The highest BCUT2D eigenvalue weighted by atomic mass is 32.2. The molecule has 1 aromatic carbocycles. The zero-order valence-corrected chi connectivity index (χ0v) is 10.6. The molecule has 0 radical (unpaired) electrons. The van der Waals surface area contributed by atoms with Crippen LogP contribution in [0, 0.1) is 0 Å². The third-order valence-corrected chi connectivity index (χ3v) is 2.88. The van der Waals surface area contributed by atoms with Gasteiger partial charge in [0.2, 0.25) is 5.91 Å². The molecule has 1 amide bonds. The minimum atomic E-state index is -0.00209. The highest BCUT2D eigenvalue weighted by Gasteiger charge is 2.00. The number of carbonyl (C=O) groups excluding carboxylic acids is 1. The Kier molecular flexibility index (Phi) is 5.96. The summed E-state index contributed by atoms with van der Waals surface area (Å²) in [5, 5.41) is 5.82.